The maximum atomic E-state index is 10.5. The molecule has 1 heterocycles. The molecule has 1 N–H and O–H groups in total. The van der Waals surface area contributed by atoms with Gasteiger partial charge in [-0.15, -0.1) is 19.7 Å². The summed E-state index contributed by atoms with van der Waals surface area (Å²) >= 11 is 0. The van der Waals surface area contributed by atoms with Crippen molar-refractivity contribution in [2.75, 3.05) is 26.4 Å². The van der Waals surface area contributed by atoms with E-state index in [4.69, 9.17) is 23.7 Å². The Morgan fingerprint density at radius 3 is 2.04 bits per heavy atom. The number of aliphatic hydroxyl groups is 1. The second-order valence-corrected chi connectivity index (χ2v) is 6.33. The Balaban J connectivity index is 2.08. The smallest absolute Gasteiger partial charge is 0.184 e. The Bertz CT molecular complexity index is 590. The predicted octanol–water partition coefficient (Wildman–Crippen LogP) is 2.63. The summed E-state index contributed by atoms with van der Waals surface area (Å²) in [6.45, 7) is 12.5. The SMILES string of the molecule is C=CCO[C@@H]1[C@@H](OCC=C)[C@@H](O)O[C@H](COCc2ccccc2)[C@H]1OCC=C. The van der Waals surface area contributed by atoms with E-state index in [1.165, 1.54) is 0 Å². The molecule has 0 aromatic heterocycles. The average Bonchev–Trinajstić information content (AvgIpc) is 2.71. The van der Waals surface area contributed by atoms with Crippen molar-refractivity contribution in [3.8, 4) is 0 Å². The van der Waals surface area contributed by atoms with E-state index in [1.807, 2.05) is 30.3 Å². The molecule has 1 aromatic carbocycles. The van der Waals surface area contributed by atoms with Crippen molar-refractivity contribution >= 4 is 0 Å². The van der Waals surface area contributed by atoms with Gasteiger partial charge >= 0.3 is 0 Å². The molecular weight excluding hydrogens is 360 g/mol. The highest BCUT2D eigenvalue weighted by atomic mass is 16.7. The normalized spacial score (nSPS) is 27.2. The van der Waals surface area contributed by atoms with E-state index in [0.717, 1.165) is 5.56 Å². The molecule has 1 saturated heterocycles. The van der Waals surface area contributed by atoms with Crippen LogP contribution in [-0.2, 0) is 30.3 Å². The van der Waals surface area contributed by atoms with Crippen molar-refractivity contribution in [2.45, 2.75) is 37.3 Å². The number of rotatable bonds is 13. The Morgan fingerprint density at radius 2 is 1.43 bits per heavy atom. The molecule has 154 valence electrons. The Kier molecular flexibility index (Phi) is 10.1. The first-order valence-corrected chi connectivity index (χ1v) is 9.34. The van der Waals surface area contributed by atoms with Crippen LogP contribution in [0.5, 0.6) is 0 Å². The Labute approximate surface area is 167 Å². The summed E-state index contributed by atoms with van der Waals surface area (Å²) in [4.78, 5) is 0. The first kappa shape index (κ1) is 22.5. The average molecular weight is 390 g/mol. The number of hydrogen-bond acceptors (Lipinski definition) is 6. The van der Waals surface area contributed by atoms with Crippen molar-refractivity contribution in [2.24, 2.45) is 0 Å². The van der Waals surface area contributed by atoms with Gasteiger partial charge in [0, 0.05) is 0 Å². The summed E-state index contributed by atoms with van der Waals surface area (Å²) in [5.41, 5.74) is 1.05. The van der Waals surface area contributed by atoms with E-state index >= 15 is 0 Å². The van der Waals surface area contributed by atoms with E-state index in [1.54, 1.807) is 18.2 Å². The second-order valence-electron chi connectivity index (χ2n) is 6.33. The van der Waals surface area contributed by atoms with Crippen LogP contribution in [-0.4, -0.2) is 62.2 Å². The Hall–Kier alpha value is -1.80. The molecule has 0 spiro atoms. The van der Waals surface area contributed by atoms with Crippen molar-refractivity contribution in [3.05, 3.63) is 73.9 Å². The first-order chi connectivity index (χ1) is 13.7. The van der Waals surface area contributed by atoms with Gasteiger partial charge in [-0.05, 0) is 5.56 Å². The molecule has 0 aliphatic carbocycles. The molecule has 1 aromatic rings. The van der Waals surface area contributed by atoms with Gasteiger partial charge in [0.2, 0.25) is 0 Å². The van der Waals surface area contributed by atoms with Gasteiger partial charge in [-0.25, -0.2) is 0 Å². The van der Waals surface area contributed by atoms with Crippen molar-refractivity contribution in [1.82, 2.24) is 0 Å². The molecular formula is C22H30O6. The molecule has 0 radical (unpaired) electrons. The lowest BCUT2D eigenvalue weighted by Crippen LogP contribution is -2.61. The standard InChI is InChI=1S/C22H30O6/c1-4-12-25-19-18(16-24-15-17-10-8-7-9-11-17)28-22(23)21(27-14-6-3)20(19)26-13-5-2/h4-11,18-23H,1-3,12-16H2/t18-,19-,20+,21-,22+/m1/s1. The fraction of sp³-hybridized carbons (Fsp3) is 0.455. The van der Waals surface area contributed by atoms with Gasteiger partial charge in [-0.2, -0.15) is 0 Å². The highest BCUT2D eigenvalue weighted by Gasteiger charge is 2.47. The zero-order valence-electron chi connectivity index (χ0n) is 16.2. The number of ether oxygens (including phenoxy) is 5. The van der Waals surface area contributed by atoms with Crippen LogP contribution < -0.4 is 0 Å². The van der Waals surface area contributed by atoms with Gasteiger partial charge in [-0.1, -0.05) is 48.6 Å². The molecule has 0 bridgehead atoms. The second kappa shape index (κ2) is 12.6. The molecule has 0 saturated carbocycles. The lowest BCUT2D eigenvalue weighted by molar-refractivity contribution is -0.308. The minimum atomic E-state index is -1.18. The zero-order chi connectivity index (χ0) is 20.2. The maximum absolute atomic E-state index is 10.5. The summed E-state index contributed by atoms with van der Waals surface area (Å²) in [5, 5.41) is 10.5. The van der Waals surface area contributed by atoms with Crippen LogP contribution in [0.25, 0.3) is 0 Å². The van der Waals surface area contributed by atoms with E-state index in [0.29, 0.717) is 13.2 Å². The summed E-state index contributed by atoms with van der Waals surface area (Å²) in [5.74, 6) is 0. The van der Waals surface area contributed by atoms with E-state index < -0.39 is 30.7 Å². The van der Waals surface area contributed by atoms with Gasteiger partial charge < -0.3 is 28.8 Å². The molecule has 28 heavy (non-hydrogen) atoms. The van der Waals surface area contributed by atoms with Crippen LogP contribution in [0.3, 0.4) is 0 Å². The third kappa shape index (κ3) is 6.67. The molecule has 0 unspecified atom stereocenters. The molecule has 5 atom stereocenters. The first-order valence-electron chi connectivity index (χ1n) is 9.34. The largest absolute Gasteiger partial charge is 0.374 e. The van der Waals surface area contributed by atoms with Gasteiger partial charge in [-0.3, -0.25) is 0 Å². The highest BCUT2D eigenvalue weighted by molar-refractivity contribution is 5.13. The third-order valence-electron chi connectivity index (χ3n) is 4.22. The number of aliphatic hydroxyl groups excluding tert-OH is 1. The van der Waals surface area contributed by atoms with Crippen molar-refractivity contribution in [3.63, 3.8) is 0 Å². The van der Waals surface area contributed by atoms with Gasteiger partial charge in [0.1, 0.15) is 24.4 Å². The summed E-state index contributed by atoms with van der Waals surface area (Å²) in [6, 6.07) is 9.83. The summed E-state index contributed by atoms with van der Waals surface area (Å²) in [7, 11) is 0. The quantitative estimate of drug-likeness (QED) is 0.523. The van der Waals surface area contributed by atoms with Crippen LogP contribution >= 0.6 is 0 Å². The third-order valence-corrected chi connectivity index (χ3v) is 4.22. The lowest BCUT2D eigenvalue weighted by atomic mass is 9.98. The fourth-order valence-corrected chi connectivity index (χ4v) is 3.00. The minimum Gasteiger partial charge on any atom is -0.374 e. The molecule has 6 heteroatoms. The van der Waals surface area contributed by atoms with Gasteiger partial charge in [0.25, 0.3) is 0 Å². The monoisotopic (exact) mass is 390 g/mol. The van der Waals surface area contributed by atoms with Crippen molar-refractivity contribution in [1.29, 1.82) is 0 Å². The van der Waals surface area contributed by atoms with E-state index in [2.05, 4.69) is 19.7 Å². The molecule has 0 amide bonds. The van der Waals surface area contributed by atoms with Crippen LogP contribution in [0.1, 0.15) is 5.56 Å². The van der Waals surface area contributed by atoms with Crippen LogP contribution in [0, 0.1) is 0 Å². The molecule has 1 aliphatic heterocycles. The molecule has 1 fully saturated rings. The van der Waals surface area contributed by atoms with Crippen LogP contribution in [0.2, 0.25) is 0 Å². The van der Waals surface area contributed by atoms with Gasteiger partial charge in [0.15, 0.2) is 6.29 Å². The zero-order valence-corrected chi connectivity index (χ0v) is 16.2. The number of benzene rings is 1. The molecule has 2 rings (SSSR count). The summed E-state index contributed by atoms with van der Waals surface area (Å²) < 4.78 is 29.1. The minimum absolute atomic E-state index is 0.232. The maximum Gasteiger partial charge on any atom is 0.184 e. The van der Waals surface area contributed by atoms with Crippen LogP contribution in [0.4, 0.5) is 0 Å². The van der Waals surface area contributed by atoms with Crippen molar-refractivity contribution < 1.29 is 28.8 Å². The lowest BCUT2D eigenvalue weighted by Gasteiger charge is -2.44. The predicted molar refractivity (Wildman–Crippen MR) is 107 cm³/mol. The van der Waals surface area contributed by atoms with E-state index in [-0.39, 0.29) is 19.8 Å². The fourth-order valence-electron chi connectivity index (χ4n) is 3.00. The van der Waals surface area contributed by atoms with Gasteiger partial charge in [0.05, 0.1) is 33.0 Å². The molecule has 6 nitrogen and oxygen atoms in total. The van der Waals surface area contributed by atoms with Crippen LogP contribution in [0.15, 0.2) is 68.3 Å². The Morgan fingerprint density at radius 1 is 0.857 bits per heavy atom. The summed E-state index contributed by atoms with van der Waals surface area (Å²) in [6.07, 6.45) is 1.39. The highest BCUT2D eigenvalue weighted by Crippen LogP contribution is 2.28. The topological polar surface area (TPSA) is 66.4 Å². The number of hydrogen-bond donors (Lipinski definition) is 1. The molecule has 1 aliphatic rings. The van der Waals surface area contributed by atoms with E-state index in [9.17, 15) is 5.11 Å².